The fourth-order valence-electron chi connectivity index (χ4n) is 1.66. The van der Waals surface area contributed by atoms with Gasteiger partial charge in [-0.3, -0.25) is 4.68 Å². The van der Waals surface area contributed by atoms with E-state index in [0.717, 1.165) is 5.69 Å². The van der Waals surface area contributed by atoms with Crippen molar-refractivity contribution in [3.8, 4) is 0 Å². The molecule has 2 rings (SSSR count). The number of hydrogen-bond donors (Lipinski definition) is 1. The van der Waals surface area contributed by atoms with Crippen LogP contribution in [0.2, 0.25) is 5.02 Å². The summed E-state index contributed by atoms with van der Waals surface area (Å²) in [4.78, 5) is 0. The molecule has 0 amide bonds. The predicted molar refractivity (Wildman–Crippen MR) is 65.5 cm³/mol. The van der Waals surface area contributed by atoms with E-state index in [2.05, 4.69) is 10.4 Å². The molecule has 0 saturated heterocycles. The van der Waals surface area contributed by atoms with Gasteiger partial charge in [0.2, 0.25) is 0 Å². The molecule has 0 aliphatic rings. The van der Waals surface area contributed by atoms with Crippen molar-refractivity contribution in [2.24, 2.45) is 0 Å². The second-order valence-electron chi connectivity index (χ2n) is 3.75. The number of hydrogen-bond acceptors (Lipinski definition) is 2. The molecule has 2 aromatic rings. The maximum atomic E-state index is 13.6. The van der Waals surface area contributed by atoms with Crippen molar-refractivity contribution in [1.82, 2.24) is 15.1 Å². The van der Waals surface area contributed by atoms with Crippen molar-refractivity contribution in [2.75, 3.05) is 7.05 Å². The van der Waals surface area contributed by atoms with Gasteiger partial charge in [0, 0.05) is 23.3 Å². The van der Waals surface area contributed by atoms with Crippen LogP contribution in [0.1, 0.15) is 11.3 Å². The molecule has 17 heavy (non-hydrogen) atoms. The maximum Gasteiger partial charge on any atom is 0.128 e. The first-order chi connectivity index (χ1) is 8.20. The number of halogens is 2. The van der Waals surface area contributed by atoms with Crippen LogP contribution in [0.3, 0.4) is 0 Å². The molecular formula is C12H13ClFN3. The van der Waals surface area contributed by atoms with Gasteiger partial charge in [-0.05, 0) is 31.3 Å². The summed E-state index contributed by atoms with van der Waals surface area (Å²) in [6, 6.07) is 6.44. The summed E-state index contributed by atoms with van der Waals surface area (Å²) in [6.45, 7) is 1.08. The van der Waals surface area contributed by atoms with E-state index < -0.39 is 0 Å². The molecule has 1 N–H and O–H groups in total. The van der Waals surface area contributed by atoms with E-state index in [1.807, 2.05) is 13.1 Å². The number of rotatable bonds is 4. The third-order valence-electron chi connectivity index (χ3n) is 2.49. The van der Waals surface area contributed by atoms with Crippen molar-refractivity contribution < 1.29 is 4.39 Å². The van der Waals surface area contributed by atoms with Crippen LogP contribution in [-0.2, 0) is 13.1 Å². The molecule has 3 nitrogen and oxygen atoms in total. The third-order valence-corrected chi connectivity index (χ3v) is 2.73. The Morgan fingerprint density at radius 3 is 3.00 bits per heavy atom. The van der Waals surface area contributed by atoms with Crippen LogP contribution in [0.4, 0.5) is 4.39 Å². The lowest BCUT2D eigenvalue weighted by Gasteiger charge is -2.08. The molecule has 0 aliphatic heterocycles. The second kappa shape index (κ2) is 5.29. The molecule has 1 aromatic heterocycles. The van der Waals surface area contributed by atoms with Crippen LogP contribution < -0.4 is 5.32 Å². The summed E-state index contributed by atoms with van der Waals surface area (Å²) in [5, 5.41) is 7.74. The molecule has 90 valence electrons. The van der Waals surface area contributed by atoms with Gasteiger partial charge in [0.15, 0.2) is 0 Å². The van der Waals surface area contributed by atoms with E-state index in [-0.39, 0.29) is 5.82 Å². The lowest BCUT2D eigenvalue weighted by atomic mass is 10.2. The minimum absolute atomic E-state index is 0.264. The summed E-state index contributed by atoms with van der Waals surface area (Å²) in [6.07, 6.45) is 1.70. The van der Waals surface area contributed by atoms with Crippen LogP contribution in [0.5, 0.6) is 0 Å². The van der Waals surface area contributed by atoms with Crippen molar-refractivity contribution in [3.05, 3.63) is 52.6 Å². The summed E-state index contributed by atoms with van der Waals surface area (Å²) in [5.74, 6) is -0.264. The SMILES string of the molecule is CNCc1ccnn1Cc1cc(Cl)ccc1F. The van der Waals surface area contributed by atoms with Gasteiger partial charge >= 0.3 is 0 Å². The highest BCUT2D eigenvalue weighted by molar-refractivity contribution is 6.30. The van der Waals surface area contributed by atoms with Crippen LogP contribution in [0, 0.1) is 5.82 Å². The van der Waals surface area contributed by atoms with Gasteiger partial charge in [0.05, 0.1) is 12.2 Å². The zero-order valence-electron chi connectivity index (χ0n) is 9.45. The Labute approximate surface area is 104 Å². The average Bonchev–Trinajstić information content (AvgIpc) is 2.72. The van der Waals surface area contributed by atoms with Crippen molar-refractivity contribution in [1.29, 1.82) is 0 Å². The van der Waals surface area contributed by atoms with Crippen LogP contribution in [0.25, 0.3) is 0 Å². The molecule has 0 saturated carbocycles. The van der Waals surface area contributed by atoms with E-state index in [1.54, 1.807) is 16.9 Å². The smallest absolute Gasteiger partial charge is 0.128 e. The van der Waals surface area contributed by atoms with Crippen LogP contribution >= 0.6 is 11.6 Å². The molecule has 0 fully saturated rings. The minimum atomic E-state index is -0.264. The highest BCUT2D eigenvalue weighted by Crippen LogP contribution is 2.16. The Morgan fingerprint density at radius 2 is 2.24 bits per heavy atom. The molecule has 0 aliphatic carbocycles. The first-order valence-corrected chi connectivity index (χ1v) is 5.67. The van der Waals surface area contributed by atoms with Crippen molar-refractivity contribution in [3.63, 3.8) is 0 Å². The summed E-state index contributed by atoms with van der Waals surface area (Å²) < 4.78 is 15.3. The third kappa shape index (κ3) is 2.84. The summed E-state index contributed by atoms with van der Waals surface area (Å²) in [5.41, 5.74) is 1.55. The first-order valence-electron chi connectivity index (χ1n) is 5.30. The van der Waals surface area contributed by atoms with Gasteiger partial charge in [-0.1, -0.05) is 11.6 Å². The molecule has 1 heterocycles. The highest BCUT2D eigenvalue weighted by Gasteiger charge is 2.07. The molecule has 0 radical (unpaired) electrons. The lowest BCUT2D eigenvalue weighted by molar-refractivity contribution is 0.569. The Balaban J connectivity index is 2.25. The molecule has 1 aromatic carbocycles. The molecular weight excluding hydrogens is 241 g/mol. The Morgan fingerprint density at radius 1 is 1.41 bits per heavy atom. The Bertz CT molecular complexity index is 510. The zero-order valence-corrected chi connectivity index (χ0v) is 10.2. The standard InChI is InChI=1S/C12H13ClFN3/c1-15-7-11-4-5-16-17(11)8-9-6-10(13)2-3-12(9)14/h2-6,15H,7-8H2,1H3. The highest BCUT2D eigenvalue weighted by atomic mass is 35.5. The lowest BCUT2D eigenvalue weighted by Crippen LogP contribution is -2.13. The Kier molecular flexibility index (Phi) is 3.76. The van der Waals surface area contributed by atoms with Crippen molar-refractivity contribution in [2.45, 2.75) is 13.1 Å². The van der Waals surface area contributed by atoms with E-state index in [4.69, 9.17) is 11.6 Å². The second-order valence-corrected chi connectivity index (χ2v) is 4.18. The largest absolute Gasteiger partial charge is 0.314 e. The molecule has 0 atom stereocenters. The normalized spacial score (nSPS) is 10.8. The molecule has 0 spiro atoms. The van der Waals surface area contributed by atoms with E-state index in [9.17, 15) is 4.39 Å². The van der Waals surface area contributed by atoms with Gasteiger partial charge < -0.3 is 5.32 Å². The van der Waals surface area contributed by atoms with Gasteiger partial charge in [-0.25, -0.2) is 4.39 Å². The quantitative estimate of drug-likeness (QED) is 0.907. The number of benzene rings is 1. The summed E-state index contributed by atoms with van der Waals surface area (Å²) >= 11 is 5.85. The van der Waals surface area contributed by atoms with Gasteiger partial charge in [-0.2, -0.15) is 5.10 Å². The fourth-order valence-corrected chi connectivity index (χ4v) is 1.85. The molecule has 0 unspecified atom stereocenters. The number of nitrogens with one attached hydrogen (secondary N) is 1. The molecule has 5 heteroatoms. The topological polar surface area (TPSA) is 29.9 Å². The summed E-state index contributed by atoms with van der Waals surface area (Å²) in [7, 11) is 1.86. The van der Waals surface area contributed by atoms with Crippen LogP contribution in [0.15, 0.2) is 30.5 Å². The number of aromatic nitrogens is 2. The van der Waals surface area contributed by atoms with E-state index in [0.29, 0.717) is 23.7 Å². The molecule has 0 bridgehead atoms. The zero-order chi connectivity index (χ0) is 12.3. The maximum absolute atomic E-state index is 13.6. The Hall–Kier alpha value is -1.39. The van der Waals surface area contributed by atoms with Crippen molar-refractivity contribution >= 4 is 11.6 Å². The monoisotopic (exact) mass is 253 g/mol. The average molecular weight is 254 g/mol. The van der Waals surface area contributed by atoms with E-state index >= 15 is 0 Å². The van der Waals surface area contributed by atoms with Gasteiger partial charge in [-0.15, -0.1) is 0 Å². The van der Waals surface area contributed by atoms with E-state index in [1.165, 1.54) is 12.1 Å². The minimum Gasteiger partial charge on any atom is -0.314 e. The predicted octanol–water partition coefficient (Wildman–Crippen LogP) is 2.44. The van der Waals surface area contributed by atoms with Gasteiger partial charge in [0.1, 0.15) is 5.82 Å². The van der Waals surface area contributed by atoms with Crippen LogP contribution in [-0.4, -0.2) is 16.8 Å². The first kappa shape index (κ1) is 12.1. The number of nitrogens with zero attached hydrogens (tertiary/aromatic N) is 2. The van der Waals surface area contributed by atoms with Gasteiger partial charge in [0.25, 0.3) is 0 Å². The fraction of sp³-hybridized carbons (Fsp3) is 0.250.